The third-order valence-corrected chi connectivity index (χ3v) is 5.29. The first-order valence-electron chi connectivity index (χ1n) is 9.30. The third kappa shape index (κ3) is 4.53. The van der Waals surface area contributed by atoms with Gasteiger partial charge >= 0.3 is 6.09 Å². The first-order valence-corrected chi connectivity index (χ1v) is 9.30. The van der Waals surface area contributed by atoms with Crippen molar-refractivity contribution in [2.75, 3.05) is 32.7 Å². The molecule has 0 aliphatic carbocycles. The molecule has 2 unspecified atom stereocenters. The molecule has 2 heterocycles. The number of hydrogen-bond acceptors (Lipinski definition) is 4. The van der Waals surface area contributed by atoms with Crippen molar-refractivity contribution in [3.8, 4) is 0 Å². The van der Waals surface area contributed by atoms with Gasteiger partial charge in [0.05, 0.1) is 0 Å². The highest BCUT2D eigenvalue weighted by Gasteiger charge is 2.44. The van der Waals surface area contributed by atoms with Crippen LogP contribution in [0.25, 0.3) is 0 Å². The van der Waals surface area contributed by atoms with Gasteiger partial charge in [-0.15, -0.1) is 0 Å². The molecule has 2 aliphatic rings. The average molecular weight is 345 g/mol. The smallest absolute Gasteiger partial charge is 0.410 e. The summed E-state index contributed by atoms with van der Waals surface area (Å²) in [6.45, 7) is 11.2. The molecule has 2 atom stereocenters. The molecule has 5 heteroatoms. The van der Waals surface area contributed by atoms with Crippen LogP contribution >= 0.6 is 0 Å². The number of hydrogen-bond donors (Lipinski definition) is 1. The van der Waals surface area contributed by atoms with Gasteiger partial charge in [0.2, 0.25) is 0 Å². The summed E-state index contributed by atoms with van der Waals surface area (Å²) in [5, 5.41) is 0. The molecule has 1 aromatic carbocycles. The Labute approximate surface area is 151 Å². The average Bonchev–Trinajstić information content (AvgIpc) is 2.87. The van der Waals surface area contributed by atoms with E-state index in [0.29, 0.717) is 17.8 Å². The first-order chi connectivity index (χ1) is 11.9. The fourth-order valence-electron chi connectivity index (χ4n) is 4.00. The molecule has 3 rings (SSSR count). The molecule has 0 aromatic heterocycles. The maximum Gasteiger partial charge on any atom is 0.410 e. The molecule has 25 heavy (non-hydrogen) atoms. The number of benzene rings is 1. The molecule has 0 radical (unpaired) electrons. The Kier molecular flexibility index (Phi) is 5.35. The van der Waals surface area contributed by atoms with E-state index in [1.807, 2.05) is 25.7 Å². The van der Waals surface area contributed by atoms with Crippen molar-refractivity contribution in [1.29, 1.82) is 0 Å². The SMILES string of the molecule is CC(C)(C)OC(=O)N1CC(C2CN(Cc3ccccc3)CC2CN)C1. The Hall–Kier alpha value is -1.59. The van der Waals surface area contributed by atoms with E-state index in [1.165, 1.54) is 5.56 Å². The Morgan fingerprint density at radius 3 is 2.44 bits per heavy atom. The summed E-state index contributed by atoms with van der Waals surface area (Å²) in [6.07, 6.45) is -0.188. The summed E-state index contributed by atoms with van der Waals surface area (Å²) in [6, 6.07) is 10.6. The summed E-state index contributed by atoms with van der Waals surface area (Å²) in [5.41, 5.74) is 6.96. The van der Waals surface area contributed by atoms with E-state index in [2.05, 4.69) is 35.2 Å². The van der Waals surface area contributed by atoms with Crippen LogP contribution in [0.1, 0.15) is 26.3 Å². The largest absolute Gasteiger partial charge is 0.444 e. The van der Waals surface area contributed by atoms with Crippen molar-refractivity contribution in [2.24, 2.45) is 23.5 Å². The number of likely N-dealkylation sites (tertiary alicyclic amines) is 2. The Balaban J connectivity index is 1.52. The van der Waals surface area contributed by atoms with Gasteiger partial charge in [-0.1, -0.05) is 30.3 Å². The number of nitrogens with zero attached hydrogens (tertiary/aromatic N) is 2. The molecule has 1 aromatic rings. The fraction of sp³-hybridized carbons (Fsp3) is 0.650. The van der Waals surface area contributed by atoms with E-state index in [9.17, 15) is 4.79 Å². The van der Waals surface area contributed by atoms with Gasteiger partial charge in [-0.3, -0.25) is 4.90 Å². The molecule has 2 N–H and O–H groups in total. The maximum atomic E-state index is 12.1. The molecule has 0 saturated carbocycles. The van der Waals surface area contributed by atoms with Crippen LogP contribution in [0.5, 0.6) is 0 Å². The molecule has 138 valence electrons. The van der Waals surface area contributed by atoms with Crippen molar-refractivity contribution in [3.63, 3.8) is 0 Å². The topological polar surface area (TPSA) is 58.8 Å². The van der Waals surface area contributed by atoms with Crippen molar-refractivity contribution in [1.82, 2.24) is 9.80 Å². The van der Waals surface area contributed by atoms with Crippen LogP contribution in [-0.2, 0) is 11.3 Å². The summed E-state index contributed by atoms with van der Waals surface area (Å²) >= 11 is 0. The zero-order chi connectivity index (χ0) is 18.0. The van der Waals surface area contributed by atoms with Gasteiger partial charge < -0.3 is 15.4 Å². The Morgan fingerprint density at radius 2 is 1.84 bits per heavy atom. The van der Waals surface area contributed by atoms with Crippen molar-refractivity contribution in [3.05, 3.63) is 35.9 Å². The van der Waals surface area contributed by atoms with Crippen LogP contribution in [-0.4, -0.2) is 54.2 Å². The maximum absolute atomic E-state index is 12.1. The van der Waals surface area contributed by atoms with Gasteiger partial charge in [0.15, 0.2) is 0 Å². The lowest BCUT2D eigenvalue weighted by atomic mass is 9.79. The van der Waals surface area contributed by atoms with E-state index in [4.69, 9.17) is 10.5 Å². The number of rotatable bonds is 4. The molecule has 0 spiro atoms. The summed E-state index contributed by atoms with van der Waals surface area (Å²) in [7, 11) is 0. The van der Waals surface area contributed by atoms with Crippen LogP contribution in [0.4, 0.5) is 4.79 Å². The van der Waals surface area contributed by atoms with Crippen molar-refractivity contribution in [2.45, 2.75) is 32.9 Å². The standard InChI is InChI=1S/C20H31N3O2/c1-20(2,3)25-19(24)23-12-17(13-23)18-14-22(11-16(18)9-21)10-15-7-5-4-6-8-15/h4-8,16-18H,9-14,21H2,1-3H3. The highest BCUT2D eigenvalue weighted by molar-refractivity contribution is 5.69. The third-order valence-electron chi connectivity index (χ3n) is 5.29. The number of carbonyl (C=O) groups excluding carboxylic acids is 1. The van der Waals surface area contributed by atoms with Crippen molar-refractivity contribution < 1.29 is 9.53 Å². The van der Waals surface area contributed by atoms with E-state index < -0.39 is 5.60 Å². The molecule has 5 nitrogen and oxygen atoms in total. The van der Waals surface area contributed by atoms with Crippen LogP contribution in [0.15, 0.2) is 30.3 Å². The van der Waals surface area contributed by atoms with Crippen LogP contribution < -0.4 is 5.73 Å². The molecular formula is C20H31N3O2. The minimum absolute atomic E-state index is 0.188. The minimum atomic E-state index is -0.429. The molecule has 2 aliphatic heterocycles. The number of ether oxygens (including phenoxy) is 1. The second-order valence-electron chi connectivity index (χ2n) is 8.48. The molecule has 2 fully saturated rings. The fourth-order valence-corrected chi connectivity index (χ4v) is 4.00. The van der Waals surface area contributed by atoms with E-state index in [0.717, 1.165) is 39.3 Å². The zero-order valence-corrected chi connectivity index (χ0v) is 15.6. The van der Waals surface area contributed by atoms with Crippen LogP contribution in [0, 0.1) is 17.8 Å². The van der Waals surface area contributed by atoms with Crippen LogP contribution in [0.2, 0.25) is 0 Å². The van der Waals surface area contributed by atoms with Crippen LogP contribution in [0.3, 0.4) is 0 Å². The highest BCUT2D eigenvalue weighted by atomic mass is 16.6. The minimum Gasteiger partial charge on any atom is -0.444 e. The Bertz CT molecular complexity index is 578. The summed E-state index contributed by atoms with van der Waals surface area (Å²) in [4.78, 5) is 16.5. The lowest BCUT2D eigenvalue weighted by Crippen LogP contribution is -2.55. The monoisotopic (exact) mass is 345 g/mol. The summed E-state index contributed by atoms with van der Waals surface area (Å²) < 4.78 is 5.46. The van der Waals surface area contributed by atoms with Gasteiger partial charge in [-0.05, 0) is 50.6 Å². The molecule has 0 bridgehead atoms. The highest BCUT2D eigenvalue weighted by Crippen LogP contribution is 2.35. The van der Waals surface area contributed by atoms with E-state index in [1.54, 1.807) is 0 Å². The quantitative estimate of drug-likeness (QED) is 0.911. The normalized spacial score (nSPS) is 25.0. The Morgan fingerprint density at radius 1 is 1.16 bits per heavy atom. The van der Waals surface area contributed by atoms with Crippen molar-refractivity contribution >= 4 is 6.09 Å². The molecular weight excluding hydrogens is 314 g/mol. The van der Waals surface area contributed by atoms with Gasteiger partial charge in [-0.25, -0.2) is 4.79 Å². The second kappa shape index (κ2) is 7.34. The summed E-state index contributed by atoms with van der Waals surface area (Å²) in [5.74, 6) is 1.64. The number of nitrogens with two attached hydrogens (primary N) is 1. The van der Waals surface area contributed by atoms with Gasteiger partial charge in [0.1, 0.15) is 5.60 Å². The van der Waals surface area contributed by atoms with E-state index in [-0.39, 0.29) is 6.09 Å². The predicted octanol–water partition coefficient (Wildman–Crippen LogP) is 2.56. The molecule has 1 amide bonds. The molecule has 2 saturated heterocycles. The van der Waals surface area contributed by atoms with Gasteiger partial charge in [-0.2, -0.15) is 0 Å². The van der Waals surface area contributed by atoms with E-state index >= 15 is 0 Å². The lowest BCUT2D eigenvalue weighted by molar-refractivity contribution is -0.0133. The van der Waals surface area contributed by atoms with Gasteiger partial charge in [0.25, 0.3) is 0 Å². The second-order valence-corrected chi connectivity index (χ2v) is 8.48. The zero-order valence-electron chi connectivity index (χ0n) is 15.6. The lowest BCUT2D eigenvalue weighted by Gasteiger charge is -2.43. The number of carbonyl (C=O) groups is 1. The first kappa shape index (κ1) is 18.2. The van der Waals surface area contributed by atoms with Gasteiger partial charge in [0, 0.05) is 32.7 Å². The number of amides is 1. The predicted molar refractivity (Wildman–Crippen MR) is 99.1 cm³/mol.